The lowest BCUT2D eigenvalue weighted by Crippen LogP contribution is -2.31. The molecule has 0 aromatic heterocycles. The van der Waals surface area contributed by atoms with Crippen molar-refractivity contribution in [2.75, 3.05) is 6.54 Å². The second kappa shape index (κ2) is 9.48. The normalized spacial score (nSPS) is 18.8. The van der Waals surface area contributed by atoms with Crippen LogP contribution in [-0.4, -0.2) is 32.1 Å². The summed E-state index contributed by atoms with van der Waals surface area (Å²) in [5.41, 5.74) is 0. The van der Waals surface area contributed by atoms with E-state index in [9.17, 15) is 0 Å². The molecule has 74 valence electrons. The third-order valence-corrected chi connectivity index (χ3v) is 2.29. The lowest BCUT2D eigenvalue weighted by molar-refractivity contribution is 0.374. The molecule has 1 fully saturated rings. The highest BCUT2D eigenvalue weighted by Crippen LogP contribution is 2.16. The predicted molar refractivity (Wildman–Crippen MR) is 65.0 cm³/mol. The zero-order valence-corrected chi connectivity index (χ0v) is 13.0. The van der Waals surface area contributed by atoms with Crippen LogP contribution in [0.3, 0.4) is 0 Å². The van der Waals surface area contributed by atoms with E-state index in [1.165, 1.54) is 64.6 Å². The highest BCUT2D eigenvalue weighted by molar-refractivity contribution is 6.75. The van der Waals surface area contributed by atoms with Gasteiger partial charge in [-0.05, 0) is 45.3 Å². The Bertz CT molecular complexity index is 82.6. The Balaban J connectivity index is 0.000000561. The molecule has 0 aromatic carbocycles. The minimum Gasteiger partial charge on any atom is -0.314 e. The molecule has 0 radical (unpaired) electrons. The summed E-state index contributed by atoms with van der Waals surface area (Å²) in [4.78, 5) is 0. The van der Waals surface area contributed by atoms with Crippen molar-refractivity contribution in [3.8, 4) is 0 Å². The molecule has 1 rings (SSSR count). The van der Waals surface area contributed by atoms with Gasteiger partial charge in [0.15, 0.2) is 0 Å². The first-order chi connectivity index (χ1) is 5.93. The highest BCUT2D eigenvalue weighted by atomic mass is 29.1. The van der Waals surface area contributed by atoms with Gasteiger partial charge in [0, 0.05) is 6.04 Å². The molecule has 1 saturated carbocycles. The van der Waals surface area contributed by atoms with E-state index >= 15 is 0 Å². The molecule has 1 N–H and O–H groups in total. The summed E-state index contributed by atoms with van der Waals surface area (Å²) in [6.45, 7) is 3.44. The summed E-state index contributed by atoms with van der Waals surface area (Å²) >= 11 is 0. The standard InChI is InChI=1S/C9H19N.H6Si2/c1-2-8-10-9-6-4-3-5-7-9;1-2/h9-10H,2-8H2,1H3;1-2H3. The van der Waals surface area contributed by atoms with Gasteiger partial charge in [-0.2, -0.15) is 0 Å². The van der Waals surface area contributed by atoms with Gasteiger partial charge in [-0.25, -0.2) is 0 Å². The van der Waals surface area contributed by atoms with Crippen molar-refractivity contribution in [2.45, 2.75) is 51.5 Å². The summed E-state index contributed by atoms with van der Waals surface area (Å²) in [5, 5.41) is 3.57. The Kier molecular flexibility index (Phi) is 9.79. The van der Waals surface area contributed by atoms with Gasteiger partial charge in [0.2, 0.25) is 0 Å². The van der Waals surface area contributed by atoms with Crippen LogP contribution in [0.15, 0.2) is 0 Å². The Morgan fingerprint density at radius 1 is 1.17 bits per heavy atom. The molecule has 1 aliphatic rings. The molecule has 0 aliphatic heterocycles. The molecule has 1 nitrogen and oxygen atoms in total. The first-order valence-corrected chi connectivity index (χ1v) is 13.7. The first-order valence-electron chi connectivity index (χ1n) is 5.67. The van der Waals surface area contributed by atoms with Gasteiger partial charge in [0.25, 0.3) is 0 Å². The van der Waals surface area contributed by atoms with E-state index in [1.54, 1.807) is 0 Å². The quantitative estimate of drug-likeness (QED) is 0.635. The van der Waals surface area contributed by atoms with Crippen molar-refractivity contribution in [1.82, 2.24) is 5.32 Å². The van der Waals surface area contributed by atoms with Crippen molar-refractivity contribution in [2.24, 2.45) is 0 Å². The smallest absolute Gasteiger partial charge is 0.00670 e. The molecule has 1 aliphatic carbocycles. The molecule has 0 spiro atoms. The maximum atomic E-state index is 3.57. The fourth-order valence-corrected chi connectivity index (χ4v) is 1.66. The second-order valence-corrected chi connectivity index (χ2v) is 3.29. The van der Waals surface area contributed by atoms with Crippen LogP contribution < -0.4 is 5.32 Å². The van der Waals surface area contributed by atoms with Crippen LogP contribution in [0.4, 0.5) is 0 Å². The van der Waals surface area contributed by atoms with Crippen molar-refractivity contribution in [3.63, 3.8) is 0 Å². The molecule has 0 unspecified atom stereocenters. The number of hydrogen-bond donors (Lipinski definition) is 1. The molecule has 0 heterocycles. The predicted octanol–water partition coefficient (Wildman–Crippen LogP) is -0.0491. The lowest BCUT2D eigenvalue weighted by atomic mass is 9.95. The monoisotopic (exact) mass is 203 g/mol. The minimum atomic E-state index is 0.855. The molecule has 0 saturated heterocycles. The van der Waals surface area contributed by atoms with Crippen molar-refractivity contribution in [3.05, 3.63) is 0 Å². The molecular weight excluding hydrogens is 178 g/mol. The first kappa shape index (κ1) is 12.4. The third-order valence-electron chi connectivity index (χ3n) is 2.29. The van der Waals surface area contributed by atoms with E-state index < -0.39 is 0 Å². The van der Waals surface area contributed by atoms with Crippen LogP contribution in [0.1, 0.15) is 45.4 Å². The number of nitrogens with one attached hydrogen (secondary N) is 1. The van der Waals surface area contributed by atoms with Gasteiger partial charge < -0.3 is 5.32 Å². The molecule has 3 heteroatoms. The van der Waals surface area contributed by atoms with Crippen molar-refractivity contribution < 1.29 is 0 Å². The van der Waals surface area contributed by atoms with Gasteiger partial charge in [0.1, 0.15) is 0 Å². The van der Waals surface area contributed by atoms with Crippen LogP contribution in [0.5, 0.6) is 0 Å². The average molecular weight is 203 g/mol. The zero-order valence-electron chi connectivity index (χ0n) is 9.03. The Labute approximate surface area is 83.3 Å². The molecule has 0 atom stereocenters. The van der Waals surface area contributed by atoms with Crippen LogP contribution in [-0.2, 0) is 0 Å². The van der Waals surface area contributed by atoms with E-state index in [4.69, 9.17) is 0 Å². The topological polar surface area (TPSA) is 12.0 Å². The molecular formula is C9H25NSi2. The fourth-order valence-electron chi connectivity index (χ4n) is 1.66. The summed E-state index contributed by atoms with van der Waals surface area (Å²) in [5.74, 6) is 0. The number of rotatable bonds is 3. The van der Waals surface area contributed by atoms with E-state index in [-0.39, 0.29) is 0 Å². The Morgan fingerprint density at radius 3 is 2.25 bits per heavy atom. The largest absolute Gasteiger partial charge is 0.314 e. The van der Waals surface area contributed by atoms with Gasteiger partial charge in [-0.1, -0.05) is 26.2 Å². The maximum Gasteiger partial charge on any atom is 0.00670 e. The average Bonchev–Trinajstić information content (AvgIpc) is 2.19. The van der Waals surface area contributed by atoms with E-state index in [0.717, 1.165) is 6.04 Å². The van der Waals surface area contributed by atoms with Crippen LogP contribution in [0, 0.1) is 0 Å². The van der Waals surface area contributed by atoms with Gasteiger partial charge >= 0.3 is 0 Å². The van der Waals surface area contributed by atoms with Gasteiger partial charge in [-0.15, -0.1) is 0 Å². The molecule has 12 heavy (non-hydrogen) atoms. The summed E-state index contributed by atoms with van der Waals surface area (Å²) < 4.78 is 0. The molecule has 0 bridgehead atoms. The lowest BCUT2D eigenvalue weighted by Gasteiger charge is -2.22. The Morgan fingerprint density at radius 2 is 1.75 bits per heavy atom. The van der Waals surface area contributed by atoms with Gasteiger partial charge in [0.05, 0.1) is 0 Å². The SMILES string of the molecule is CCCNC1CCCCC1.[SiH3][SiH3]. The second-order valence-electron chi connectivity index (χ2n) is 3.29. The highest BCUT2D eigenvalue weighted by Gasteiger charge is 2.10. The van der Waals surface area contributed by atoms with Crippen LogP contribution in [0.25, 0.3) is 0 Å². The van der Waals surface area contributed by atoms with E-state index in [2.05, 4.69) is 12.2 Å². The van der Waals surface area contributed by atoms with E-state index in [0.29, 0.717) is 0 Å². The van der Waals surface area contributed by atoms with Crippen LogP contribution >= 0.6 is 0 Å². The summed E-state index contributed by atoms with van der Waals surface area (Å²) in [6, 6.07) is 0.855. The third kappa shape index (κ3) is 5.97. The van der Waals surface area contributed by atoms with Crippen molar-refractivity contribution >= 4 is 19.5 Å². The molecule has 0 amide bonds. The van der Waals surface area contributed by atoms with E-state index in [1.807, 2.05) is 0 Å². The minimum absolute atomic E-state index is 0.855. The molecule has 0 aromatic rings. The number of hydrogen-bond acceptors (Lipinski definition) is 1. The maximum absolute atomic E-state index is 3.57. The summed E-state index contributed by atoms with van der Waals surface area (Å²) in [7, 11) is 2.89. The Hall–Kier alpha value is 0.394. The fraction of sp³-hybridized carbons (Fsp3) is 1.00. The van der Waals surface area contributed by atoms with Gasteiger partial charge in [-0.3, -0.25) is 0 Å². The summed E-state index contributed by atoms with van der Waals surface area (Å²) in [6.07, 6.45) is 8.46. The zero-order chi connectivity index (χ0) is 9.23. The van der Waals surface area contributed by atoms with Crippen LogP contribution in [0.2, 0.25) is 0 Å². The van der Waals surface area contributed by atoms with Crippen molar-refractivity contribution in [1.29, 1.82) is 0 Å².